The molecule has 1 aliphatic heterocycles. The van der Waals surface area contributed by atoms with Crippen molar-refractivity contribution in [3.63, 3.8) is 0 Å². The SMILES string of the molecule is Cc1cccc(N2C(=O)C(O)=C(C(=O)/C=C/c3ccccc3)C2c2ccc([N+](=O)[O-])cc2)c1. The van der Waals surface area contributed by atoms with Crippen LogP contribution in [0.1, 0.15) is 22.7 Å². The van der Waals surface area contributed by atoms with Gasteiger partial charge in [-0.05, 0) is 54.0 Å². The number of anilines is 1. The number of amides is 1. The van der Waals surface area contributed by atoms with E-state index in [0.717, 1.165) is 11.1 Å². The highest BCUT2D eigenvalue weighted by Gasteiger charge is 2.43. The third kappa shape index (κ3) is 4.29. The average molecular weight is 440 g/mol. The molecule has 1 amide bonds. The fraction of sp³-hybridized carbons (Fsp3) is 0.0769. The molecule has 0 bridgehead atoms. The molecule has 0 fully saturated rings. The molecular weight excluding hydrogens is 420 g/mol. The van der Waals surface area contributed by atoms with Crippen molar-refractivity contribution in [1.29, 1.82) is 0 Å². The predicted molar refractivity (Wildman–Crippen MR) is 125 cm³/mol. The molecule has 4 rings (SSSR count). The van der Waals surface area contributed by atoms with E-state index in [9.17, 15) is 24.8 Å². The van der Waals surface area contributed by atoms with Gasteiger partial charge in [-0.1, -0.05) is 48.5 Å². The number of aliphatic hydroxyl groups is 1. The van der Waals surface area contributed by atoms with Gasteiger partial charge in [-0.2, -0.15) is 0 Å². The first kappa shape index (κ1) is 21.7. The highest BCUT2D eigenvalue weighted by Crippen LogP contribution is 2.41. The van der Waals surface area contributed by atoms with Crippen LogP contribution in [0.4, 0.5) is 11.4 Å². The number of nitro groups is 1. The van der Waals surface area contributed by atoms with Crippen LogP contribution in [0.3, 0.4) is 0 Å². The summed E-state index contributed by atoms with van der Waals surface area (Å²) in [6, 6.07) is 21.0. The largest absolute Gasteiger partial charge is 0.503 e. The zero-order chi connectivity index (χ0) is 23.5. The monoisotopic (exact) mass is 440 g/mol. The Hall–Kier alpha value is -4.52. The number of hydrogen-bond donors (Lipinski definition) is 1. The van der Waals surface area contributed by atoms with Gasteiger partial charge in [-0.3, -0.25) is 24.6 Å². The topological polar surface area (TPSA) is 101 Å². The van der Waals surface area contributed by atoms with Crippen LogP contribution in [0.2, 0.25) is 0 Å². The van der Waals surface area contributed by atoms with Gasteiger partial charge in [0.1, 0.15) is 0 Å². The number of carbonyl (C=O) groups excluding carboxylic acids is 2. The van der Waals surface area contributed by atoms with Crippen LogP contribution in [0.25, 0.3) is 6.08 Å². The molecule has 3 aromatic rings. The molecule has 0 radical (unpaired) electrons. The summed E-state index contributed by atoms with van der Waals surface area (Å²) in [5, 5.41) is 21.8. The van der Waals surface area contributed by atoms with Crippen LogP contribution in [0, 0.1) is 17.0 Å². The van der Waals surface area contributed by atoms with E-state index in [-0.39, 0.29) is 11.3 Å². The standard InChI is InChI=1S/C26H20N2O5/c1-17-6-5-9-21(16-17)27-24(19-11-13-20(14-12-19)28(32)33)23(25(30)26(27)31)22(29)15-10-18-7-3-2-4-8-18/h2-16,24,30H,1H3/b15-10+. The summed E-state index contributed by atoms with van der Waals surface area (Å²) in [6.45, 7) is 1.87. The second-order valence-electron chi connectivity index (χ2n) is 7.64. The maximum atomic E-state index is 13.2. The number of allylic oxidation sites excluding steroid dienone is 1. The molecule has 0 saturated heterocycles. The molecule has 0 saturated carbocycles. The lowest BCUT2D eigenvalue weighted by molar-refractivity contribution is -0.384. The summed E-state index contributed by atoms with van der Waals surface area (Å²) in [6.07, 6.45) is 2.92. The van der Waals surface area contributed by atoms with Gasteiger partial charge in [0.2, 0.25) is 0 Å². The molecule has 7 nitrogen and oxygen atoms in total. The van der Waals surface area contributed by atoms with Crippen molar-refractivity contribution in [2.45, 2.75) is 13.0 Å². The highest BCUT2D eigenvalue weighted by atomic mass is 16.6. The normalized spacial score (nSPS) is 16.0. The van der Waals surface area contributed by atoms with Crippen molar-refractivity contribution in [3.8, 4) is 0 Å². The van der Waals surface area contributed by atoms with Gasteiger partial charge in [-0.15, -0.1) is 0 Å². The smallest absolute Gasteiger partial charge is 0.294 e. The van der Waals surface area contributed by atoms with Crippen LogP contribution in [0.15, 0.2) is 96.3 Å². The number of carbonyl (C=O) groups is 2. The molecule has 0 spiro atoms. The first-order chi connectivity index (χ1) is 15.9. The van der Waals surface area contributed by atoms with Gasteiger partial charge in [0.05, 0.1) is 16.5 Å². The predicted octanol–water partition coefficient (Wildman–Crippen LogP) is 5.09. The fourth-order valence-electron chi connectivity index (χ4n) is 3.82. The Bertz CT molecular complexity index is 1290. The van der Waals surface area contributed by atoms with Gasteiger partial charge in [0.25, 0.3) is 11.6 Å². The van der Waals surface area contributed by atoms with Crippen molar-refractivity contribution in [3.05, 3.63) is 123 Å². The number of aliphatic hydroxyl groups excluding tert-OH is 1. The highest BCUT2D eigenvalue weighted by molar-refractivity contribution is 6.19. The van der Waals surface area contributed by atoms with Gasteiger partial charge < -0.3 is 5.11 Å². The second kappa shape index (κ2) is 8.92. The first-order valence-corrected chi connectivity index (χ1v) is 10.2. The Balaban J connectivity index is 1.80. The van der Waals surface area contributed by atoms with E-state index in [4.69, 9.17) is 0 Å². The third-order valence-electron chi connectivity index (χ3n) is 5.40. The Morgan fingerprint density at radius 1 is 1.03 bits per heavy atom. The van der Waals surface area contributed by atoms with E-state index in [1.54, 1.807) is 24.3 Å². The maximum absolute atomic E-state index is 13.2. The number of nitrogens with zero attached hydrogens (tertiary/aromatic N) is 2. The van der Waals surface area contributed by atoms with Crippen molar-refractivity contribution < 1.29 is 19.6 Å². The number of non-ortho nitro benzene ring substituents is 1. The molecule has 1 atom stereocenters. The Morgan fingerprint density at radius 2 is 1.73 bits per heavy atom. The minimum Gasteiger partial charge on any atom is -0.503 e. The summed E-state index contributed by atoms with van der Waals surface area (Å²) in [4.78, 5) is 38.2. The zero-order valence-electron chi connectivity index (χ0n) is 17.7. The Kier molecular flexibility index (Phi) is 5.87. The maximum Gasteiger partial charge on any atom is 0.294 e. The minimum absolute atomic E-state index is 0.0810. The number of ketones is 1. The molecule has 33 heavy (non-hydrogen) atoms. The van der Waals surface area contributed by atoms with E-state index in [2.05, 4.69) is 0 Å². The lowest BCUT2D eigenvalue weighted by atomic mass is 9.95. The first-order valence-electron chi connectivity index (χ1n) is 10.2. The molecule has 1 N–H and O–H groups in total. The summed E-state index contributed by atoms with van der Waals surface area (Å²) in [5.74, 6) is -1.87. The lowest BCUT2D eigenvalue weighted by Gasteiger charge is -2.27. The minimum atomic E-state index is -0.937. The van der Waals surface area contributed by atoms with Gasteiger partial charge in [-0.25, -0.2) is 0 Å². The second-order valence-corrected chi connectivity index (χ2v) is 7.64. The fourth-order valence-corrected chi connectivity index (χ4v) is 3.82. The summed E-state index contributed by atoms with van der Waals surface area (Å²) >= 11 is 0. The van der Waals surface area contributed by atoms with Crippen molar-refractivity contribution >= 4 is 29.1 Å². The van der Waals surface area contributed by atoms with E-state index in [1.165, 1.54) is 35.2 Å². The van der Waals surface area contributed by atoms with Crippen LogP contribution in [-0.2, 0) is 9.59 Å². The van der Waals surface area contributed by atoms with Crippen LogP contribution in [0.5, 0.6) is 0 Å². The van der Waals surface area contributed by atoms with Crippen molar-refractivity contribution in [2.24, 2.45) is 0 Å². The van der Waals surface area contributed by atoms with Crippen LogP contribution >= 0.6 is 0 Å². The molecule has 164 valence electrons. The number of nitro benzene ring substituents is 1. The van der Waals surface area contributed by atoms with E-state index in [0.29, 0.717) is 11.3 Å². The van der Waals surface area contributed by atoms with Crippen molar-refractivity contribution in [1.82, 2.24) is 0 Å². The molecule has 0 aromatic heterocycles. The number of benzene rings is 3. The number of hydrogen-bond acceptors (Lipinski definition) is 5. The van der Waals surface area contributed by atoms with E-state index >= 15 is 0 Å². The molecule has 1 heterocycles. The third-order valence-corrected chi connectivity index (χ3v) is 5.40. The molecular formula is C26H20N2O5. The zero-order valence-corrected chi connectivity index (χ0v) is 17.7. The van der Waals surface area contributed by atoms with Crippen LogP contribution in [-0.4, -0.2) is 21.7 Å². The van der Waals surface area contributed by atoms with Crippen molar-refractivity contribution in [2.75, 3.05) is 4.90 Å². The molecule has 0 aliphatic carbocycles. The summed E-state index contributed by atoms with van der Waals surface area (Å²) < 4.78 is 0. The van der Waals surface area contributed by atoms with Gasteiger partial charge in [0.15, 0.2) is 11.5 Å². The summed E-state index contributed by atoms with van der Waals surface area (Å²) in [7, 11) is 0. The quantitative estimate of drug-likeness (QED) is 0.327. The number of aryl methyl sites for hydroxylation is 1. The molecule has 7 heteroatoms. The summed E-state index contributed by atoms with van der Waals surface area (Å²) in [5.41, 5.74) is 2.46. The van der Waals surface area contributed by atoms with Crippen LogP contribution < -0.4 is 4.90 Å². The van der Waals surface area contributed by atoms with Gasteiger partial charge >= 0.3 is 0 Å². The Morgan fingerprint density at radius 3 is 2.36 bits per heavy atom. The van der Waals surface area contributed by atoms with Gasteiger partial charge in [0, 0.05) is 17.8 Å². The van der Waals surface area contributed by atoms with E-state index < -0.39 is 28.4 Å². The molecule has 1 aliphatic rings. The Labute approximate surface area is 190 Å². The molecule has 1 unspecified atom stereocenters. The number of rotatable bonds is 6. The molecule has 3 aromatic carbocycles. The van der Waals surface area contributed by atoms with E-state index in [1.807, 2.05) is 43.3 Å². The average Bonchev–Trinajstić information content (AvgIpc) is 3.09. The lowest BCUT2D eigenvalue weighted by Crippen LogP contribution is -2.31.